The Hall–Kier alpha value is -3.57. The minimum absolute atomic E-state index is 0.0166. The van der Waals surface area contributed by atoms with Crippen molar-refractivity contribution >= 4 is 16.0 Å². The number of rotatable bonds is 6. The molecular formula is C22H23F3N8O2S. The molecule has 1 aliphatic rings. The van der Waals surface area contributed by atoms with Crippen LogP contribution in [0.2, 0.25) is 0 Å². The highest BCUT2D eigenvalue weighted by atomic mass is 32.2. The highest BCUT2D eigenvalue weighted by Crippen LogP contribution is 2.36. The maximum absolute atomic E-state index is 13.8. The summed E-state index contributed by atoms with van der Waals surface area (Å²) >= 11 is 0. The zero-order chi connectivity index (χ0) is 26.1. The van der Waals surface area contributed by atoms with E-state index in [9.17, 15) is 26.9 Å². The molecule has 0 aromatic carbocycles. The van der Waals surface area contributed by atoms with Crippen molar-refractivity contribution in [1.29, 1.82) is 5.26 Å². The molecule has 1 aliphatic heterocycles. The molecule has 3 aromatic heterocycles. The number of nitriles is 1. The SMILES string of the molecule is CCc1ccc(-n2cnc(-c3nc(NC4CCN(S(C)(=O)=O)CC4)ncc3C(F)(F)F)c2)c(C#N)n1. The Balaban J connectivity index is 1.64. The number of piperidine rings is 1. The number of nitrogens with zero attached hydrogens (tertiary/aromatic N) is 7. The summed E-state index contributed by atoms with van der Waals surface area (Å²) in [5.74, 6) is -0.0166. The van der Waals surface area contributed by atoms with Gasteiger partial charge in [0.15, 0.2) is 5.69 Å². The lowest BCUT2D eigenvalue weighted by Crippen LogP contribution is -2.42. The van der Waals surface area contributed by atoms with Crippen LogP contribution in [-0.2, 0) is 22.6 Å². The molecule has 1 fully saturated rings. The smallest absolute Gasteiger partial charge is 0.351 e. The number of hydrogen-bond acceptors (Lipinski definition) is 8. The first-order valence-corrected chi connectivity index (χ1v) is 12.9. The van der Waals surface area contributed by atoms with Crippen molar-refractivity contribution in [3.05, 3.63) is 47.8 Å². The summed E-state index contributed by atoms with van der Waals surface area (Å²) in [7, 11) is -3.30. The fraction of sp³-hybridized carbons (Fsp3) is 0.409. The Morgan fingerprint density at radius 2 is 1.92 bits per heavy atom. The second-order valence-corrected chi connectivity index (χ2v) is 10.3. The normalized spacial score (nSPS) is 15.6. The lowest BCUT2D eigenvalue weighted by Gasteiger charge is -2.30. The van der Waals surface area contributed by atoms with Crippen molar-refractivity contribution in [2.75, 3.05) is 24.7 Å². The molecule has 4 rings (SSSR count). The fourth-order valence-corrected chi connectivity index (χ4v) is 4.80. The van der Waals surface area contributed by atoms with Gasteiger partial charge in [-0.05, 0) is 31.4 Å². The molecular weight excluding hydrogens is 497 g/mol. The van der Waals surface area contributed by atoms with E-state index in [-0.39, 0.29) is 23.4 Å². The third-order valence-electron chi connectivity index (χ3n) is 5.85. The first kappa shape index (κ1) is 25.5. The molecule has 0 unspecified atom stereocenters. The van der Waals surface area contributed by atoms with Crippen molar-refractivity contribution in [2.45, 2.75) is 38.4 Å². The van der Waals surface area contributed by atoms with Crippen LogP contribution < -0.4 is 5.32 Å². The van der Waals surface area contributed by atoms with Crippen molar-refractivity contribution in [2.24, 2.45) is 0 Å². The van der Waals surface area contributed by atoms with E-state index in [4.69, 9.17) is 0 Å². The van der Waals surface area contributed by atoms with Crippen LogP contribution in [0, 0.1) is 11.3 Å². The van der Waals surface area contributed by atoms with E-state index in [2.05, 4.69) is 25.3 Å². The topological polar surface area (TPSA) is 130 Å². The van der Waals surface area contributed by atoms with Crippen LogP contribution in [0.15, 0.2) is 30.9 Å². The third-order valence-corrected chi connectivity index (χ3v) is 7.16. The van der Waals surface area contributed by atoms with E-state index >= 15 is 0 Å². The number of hydrogen-bond donors (Lipinski definition) is 1. The van der Waals surface area contributed by atoms with Gasteiger partial charge in [-0.3, -0.25) is 0 Å². The van der Waals surface area contributed by atoms with Gasteiger partial charge in [0, 0.05) is 37.2 Å². The molecule has 0 radical (unpaired) electrons. The van der Waals surface area contributed by atoms with Gasteiger partial charge in [0.05, 0.1) is 11.9 Å². The molecule has 3 aromatic rings. The molecule has 0 saturated carbocycles. The summed E-state index contributed by atoms with van der Waals surface area (Å²) in [6.45, 7) is 2.48. The van der Waals surface area contributed by atoms with Gasteiger partial charge in [-0.2, -0.15) is 18.4 Å². The molecule has 0 spiro atoms. The average Bonchev–Trinajstić information content (AvgIpc) is 3.32. The molecule has 0 amide bonds. The number of halogens is 3. The largest absolute Gasteiger partial charge is 0.420 e. The van der Waals surface area contributed by atoms with Crippen LogP contribution in [0.3, 0.4) is 0 Å². The van der Waals surface area contributed by atoms with Crippen molar-refractivity contribution in [3.63, 3.8) is 0 Å². The Morgan fingerprint density at radius 1 is 1.19 bits per heavy atom. The fourth-order valence-electron chi connectivity index (χ4n) is 3.93. The highest BCUT2D eigenvalue weighted by Gasteiger charge is 2.36. The minimum Gasteiger partial charge on any atom is -0.351 e. The number of pyridine rings is 1. The number of nitrogens with one attached hydrogen (secondary N) is 1. The lowest BCUT2D eigenvalue weighted by atomic mass is 10.1. The van der Waals surface area contributed by atoms with Gasteiger partial charge >= 0.3 is 6.18 Å². The standard InChI is InChI=1S/C22H23F3N8O2S/c1-3-14-4-5-19(17(10-26)29-14)32-12-18(28-13-32)20-16(22(23,24)25)11-27-21(31-20)30-15-6-8-33(9-7-15)36(2,34)35/h4-5,11-13,15H,3,6-9H2,1-2H3,(H,27,30,31). The number of anilines is 1. The second-order valence-electron chi connectivity index (χ2n) is 8.34. The van der Waals surface area contributed by atoms with Crippen LogP contribution in [0.5, 0.6) is 0 Å². The monoisotopic (exact) mass is 520 g/mol. The first-order valence-electron chi connectivity index (χ1n) is 11.1. The number of sulfonamides is 1. The zero-order valence-corrected chi connectivity index (χ0v) is 20.3. The predicted octanol–water partition coefficient (Wildman–Crippen LogP) is 3.01. The number of imidazole rings is 1. The Bertz CT molecular complexity index is 1410. The second kappa shape index (κ2) is 9.82. The Morgan fingerprint density at radius 3 is 2.53 bits per heavy atom. The summed E-state index contributed by atoms with van der Waals surface area (Å²) in [4.78, 5) is 16.3. The van der Waals surface area contributed by atoms with Crippen molar-refractivity contribution < 1.29 is 21.6 Å². The van der Waals surface area contributed by atoms with Crippen molar-refractivity contribution in [1.82, 2.24) is 28.8 Å². The predicted molar refractivity (Wildman–Crippen MR) is 125 cm³/mol. The van der Waals surface area contributed by atoms with Gasteiger partial charge in [0.1, 0.15) is 29.3 Å². The molecule has 36 heavy (non-hydrogen) atoms. The summed E-state index contributed by atoms with van der Waals surface area (Å²) < 4.78 is 67.5. The van der Waals surface area contributed by atoms with Crippen LogP contribution in [0.4, 0.5) is 19.1 Å². The van der Waals surface area contributed by atoms with Crippen LogP contribution in [-0.4, -0.2) is 62.6 Å². The minimum atomic E-state index is -4.72. The van der Waals surface area contributed by atoms with E-state index in [1.165, 1.54) is 21.4 Å². The van der Waals surface area contributed by atoms with Gasteiger partial charge in [0.25, 0.3) is 0 Å². The zero-order valence-electron chi connectivity index (χ0n) is 19.5. The quantitative estimate of drug-likeness (QED) is 0.525. The van der Waals surface area contributed by atoms with E-state index in [0.29, 0.717) is 49.9 Å². The number of aryl methyl sites for hydroxylation is 1. The van der Waals surface area contributed by atoms with Crippen LogP contribution in [0.25, 0.3) is 17.1 Å². The molecule has 0 aliphatic carbocycles. The van der Waals surface area contributed by atoms with Gasteiger partial charge in [-0.15, -0.1) is 0 Å². The number of aromatic nitrogens is 5. The van der Waals surface area contributed by atoms with E-state index in [1.807, 2.05) is 13.0 Å². The molecule has 10 nitrogen and oxygen atoms in total. The molecule has 14 heteroatoms. The third kappa shape index (κ3) is 5.47. The molecule has 0 bridgehead atoms. The maximum atomic E-state index is 13.8. The Labute approximate surface area is 205 Å². The molecule has 1 saturated heterocycles. The summed E-state index contributed by atoms with van der Waals surface area (Å²) in [6, 6.07) is 5.20. The van der Waals surface area contributed by atoms with Gasteiger partial charge < -0.3 is 9.88 Å². The average molecular weight is 521 g/mol. The molecule has 1 N–H and O–H groups in total. The lowest BCUT2D eigenvalue weighted by molar-refractivity contribution is -0.137. The maximum Gasteiger partial charge on any atom is 0.420 e. The first-order chi connectivity index (χ1) is 17.0. The van der Waals surface area contributed by atoms with Gasteiger partial charge in [-0.25, -0.2) is 32.7 Å². The molecule has 190 valence electrons. The summed E-state index contributed by atoms with van der Waals surface area (Å²) in [5, 5.41) is 12.5. The Kier molecular flexibility index (Phi) is 6.96. The van der Waals surface area contributed by atoms with Crippen LogP contribution >= 0.6 is 0 Å². The van der Waals surface area contributed by atoms with E-state index < -0.39 is 27.5 Å². The van der Waals surface area contributed by atoms with E-state index in [0.717, 1.165) is 6.26 Å². The summed E-state index contributed by atoms with van der Waals surface area (Å²) in [6.07, 6.45) is 1.32. The van der Waals surface area contributed by atoms with Crippen molar-refractivity contribution in [3.8, 4) is 23.1 Å². The van der Waals surface area contributed by atoms with Gasteiger partial charge in [0.2, 0.25) is 16.0 Å². The molecule has 0 atom stereocenters. The summed E-state index contributed by atoms with van der Waals surface area (Å²) in [5.41, 5.74) is -0.298. The number of alkyl halides is 3. The van der Waals surface area contributed by atoms with Crippen LogP contribution in [0.1, 0.15) is 36.7 Å². The van der Waals surface area contributed by atoms with Gasteiger partial charge in [-0.1, -0.05) is 6.92 Å². The van der Waals surface area contributed by atoms with E-state index in [1.54, 1.807) is 12.1 Å². The molecule has 4 heterocycles. The highest BCUT2D eigenvalue weighted by molar-refractivity contribution is 7.88.